The number of carbonyl (C=O) groups is 1. The van der Waals surface area contributed by atoms with Crippen LogP contribution in [0.4, 0.5) is 4.39 Å². The van der Waals surface area contributed by atoms with Crippen LogP contribution in [0.5, 0.6) is 0 Å². The number of carboxylic acids is 1. The molecule has 1 aromatic rings. The van der Waals surface area contributed by atoms with Gasteiger partial charge < -0.3 is 5.11 Å². The van der Waals surface area contributed by atoms with Crippen LogP contribution in [0.25, 0.3) is 0 Å². The summed E-state index contributed by atoms with van der Waals surface area (Å²) in [5.74, 6) is -1.99. The van der Waals surface area contributed by atoms with Crippen molar-refractivity contribution in [3.63, 3.8) is 0 Å². The zero-order valence-corrected chi connectivity index (χ0v) is 12.5. The maximum Gasteiger partial charge on any atom is 0.321 e. The Hall–Kier alpha value is -0.990. The molecule has 0 radical (unpaired) electrons. The van der Waals surface area contributed by atoms with Crippen molar-refractivity contribution in [2.45, 2.75) is 30.7 Å². The Bertz CT molecular complexity index is 576. The van der Waals surface area contributed by atoms with Crippen molar-refractivity contribution < 1.29 is 22.7 Å². The van der Waals surface area contributed by atoms with Crippen LogP contribution in [0.2, 0.25) is 0 Å². The maximum absolute atomic E-state index is 13.3. The Morgan fingerprint density at radius 3 is 2.63 bits per heavy atom. The van der Waals surface area contributed by atoms with Gasteiger partial charge in [0.05, 0.1) is 9.37 Å². The van der Waals surface area contributed by atoms with Crippen LogP contribution in [0, 0.1) is 5.82 Å². The number of aliphatic carboxylic acids is 1. The van der Waals surface area contributed by atoms with Crippen molar-refractivity contribution in [2.75, 3.05) is 0 Å². The van der Waals surface area contributed by atoms with E-state index < -0.39 is 27.9 Å². The van der Waals surface area contributed by atoms with Gasteiger partial charge in [-0.25, -0.2) is 12.8 Å². The molecule has 5 nitrogen and oxygen atoms in total. The third-order valence-electron chi connectivity index (χ3n) is 2.37. The first-order valence-electron chi connectivity index (χ1n) is 5.48. The van der Waals surface area contributed by atoms with E-state index in [1.54, 1.807) is 6.92 Å². The van der Waals surface area contributed by atoms with Gasteiger partial charge in [0.1, 0.15) is 11.9 Å². The molecule has 0 saturated carbocycles. The van der Waals surface area contributed by atoms with Gasteiger partial charge in [0.25, 0.3) is 0 Å². The molecule has 0 aliphatic rings. The Labute approximate surface area is 119 Å². The minimum Gasteiger partial charge on any atom is -0.480 e. The highest BCUT2D eigenvalue weighted by molar-refractivity contribution is 9.10. The lowest BCUT2D eigenvalue weighted by molar-refractivity contribution is -0.139. The average Bonchev–Trinajstić information content (AvgIpc) is 2.31. The smallest absolute Gasteiger partial charge is 0.321 e. The summed E-state index contributed by atoms with van der Waals surface area (Å²) in [6.07, 6.45) is 0.668. The zero-order chi connectivity index (χ0) is 14.6. The van der Waals surface area contributed by atoms with Crippen LogP contribution in [0.3, 0.4) is 0 Å². The van der Waals surface area contributed by atoms with E-state index in [1.807, 2.05) is 4.72 Å². The quantitative estimate of drug-likeness (QED) is 0.820. The maximum atomic E-state index is 13.3. The van der Waals surface area contributed by atoms with E-state index in [-0.39, 0.29) is 15.8 Å². The molecule has 0 bridgehead atoms. The Balaban J connectivity index is 3.03. The van der Waals surface area contributed by atoms with Crippen LogP contribution in [-0.2, 0) is 14.8 Å². The minimum atomic E-state index is -4.06. The van der Waals surface area contributed by atoms with E-state index in [4.69, 9.17) is 5.11 Å². The highest BCUT2D eigenvalue weighted by Crippen LogP contribution is 2.19. The molecule has 1 atom stereocenters. The van der Waals surface area contributed by atoms with Crippen molar-refractivity contribution in [1.29, 1.82) is 0 Å². The van der Waals surface area contributed by atoms with E-state index in [2.05, 4.69) is 15.9 Å². The highest BCUT2D eigenvalue weighted by Gasteiger charge is 2.25. The average molecular weight is 354 g/mol. The molecule has 0 heterocycles. The first kappa shape index (κ1) is 16.1. The number of hydrogen-bond acceptors (Lipinski definition) is 3. The van der Waals surface area contributed by atoms with Gasteiger partial charge in [0.15, 0.2) is 0 Å². The molecule has 106 valence electrons. The van der Waals surface area contributed by atoms with E-state index in [1.165, 1.54) is 12.1 Å². The van der Waals surface area contributed by atoms with Crippen molar-refractivity contribution in [3.05, 3.63) is 28.5 Å². The van der Waals surface area contributed by atoms with E-state index in [0.29, 0.717) is 6.42 Å². The van der Waals surface area contributed by atoms with Gasteiger partial charge in [-0.15, -0.1) is 0 Å². The predicted octanol–water partition coefficient (Wildman–Crippen LogP) is 2.12. The lowest BCUT2D eigenvalue weighted by Gasteiger charge is -2.14. The fourth-order valence-electron chi connectivity index (χ4n) is 1.42. The molecule has 0 unspecified atom stereocenters. The summed E-state index contributed by atoms with van der Waals surface area (Å²) in [7, 11) is -4.06. The van der Waals surface area contributed by atoms with E-state index in [9.17, 15) is 17.6 Å². The number of hydrogen-bond donors (Lipinski definition) is 2. The van der Waals surface area contributed by atoms with Gasteiger partial charge in [-0.1, -0.05) is 13.3 Å². The van der Waals surface area contributed by atoms with Gasteiger partial charge in [0.2, 0.25) is 10.0 Å². The van der Waals surface area contributed by atoms with Crippen molar-refractivity contribution in [2.24, 2.45) is 0 Å². The number of nitrogens with one attached hydrogen (secondary N) is 1. The molecule has 0 aliphatic carbocycles. The number of benzene rings is 1. The van der Waals surface area contributed by atoms with Crippen LogP contribution in [-0.4, -0.2) is 25.5 Å². The van der Waals surface area contributed by atoms with Crippen molar-refractivity contribution >= 4 is 31.9 Å². The Morgan fingerprint density at radius 2 is 2.16 bits per heavy atom. The van der Waals surface area contributed by atoms with Gasteiger partial charge in [-0.2, -0.15) is 4.72 Å². The fourth-order valence-corrected chi connectivity index (χ4v) is 2.90. The van der Waals surface area contributed by atoms with Crippen LogP contribution < -0.4 is 4.72 Å². The molecule has 0 aliphatic heterocycles. The molecule has 0 spiro atoms. The van der Waals surface area contributed by atoms with Crippen LogP contribution in [0.1, 0.15) is 19.8 Å². The number of halogens is 2. The fraction of sp³-hybridized carbons (Fsp3) is 0.364. The molecular formula is C11H13BrFNO4S. The first-order chi connectivity index (χ1) is 8.77. The molecule has 0 saturated heterocycles. The van der Waals surface area contributed by atoms with Crippen molar-refractivity contribution in [1.82, 2.24) is 4.72 Å². The second-order valence-electron chi connectivity index (χ2n) is 3.88. The Kier molecular flexibility index (Phi) is 5.45. The van der Waals surface area contributed by atoms with Gasteiger partial charge in [-0.05, 0) is 40.5 Å². The summed E-state index contributed by atoms with van der Waals surface area (Å²) in [4.78, 5) is 10.6. The number of rotatable bonds is 6. The molecule has 0 fully saturated rings. The summed E-state index contributed by atoms with van der Waals surface area (Å²) in [6.45, 7) is 1.74. The monoisotopic (exact) mass is 353 g/mol. The van der Waals surface area contributed by atoms with Gasteiger partial charge >= 0.3 is 5.97 Å². The summed E-state index contributed by atoms with van der Waals surface area (Å²) in [5, 5.41) is 8.90. The summed E-state index contributed by atoms with van der Waals surface area (Å²) < 4.78 is 39.3. The zero-order valence-electron chi connectivity index (χ0n) is 10.1. The van der Waals surface area contributed by atoms with Crippen LogP contribution >= 0.6 is 15.9 Å². The normalized spacial score (nSPS) is 13.2. The van der Waals surface area contributed by atoms with E-state index >= 15 is 0 Å². The minimum absolute atomic E-state index is 0.134. The SMILES string of the molecule is CCC[C@@H](NS(=O)(=O)c1ccc(Br)c(F)c1)C(=O)O. The number of carboxylic acid groups (broad SMARTS) is 1. The molecule has 2 N–H and O–H groups in total. The largest absolute Gasteiger partial charge is 0.480 e. The molecule has 1 aromatic carbocycles. The molecule has 19 heavy (non-hydrogen) atoms. The molecule has 8 heteroatoms. The van der Waals surface area contributed by atoms with Crippen molar-refractivity contribution in [3.8, 4) is 0 Å². The van der Waals surface area contributed by atoms with Gasteiger partial charge in [0, 0.05) is 0 Å². The molecule has 0 amide bonds. The predicted molar refractivity (Wildman–Crippen MR) is 70.8 cm³/mol. The molecule has 1 rings (SSSR count). The highest BCUT2D eigenvalue weighted by atomic mass is 79.9. The van der Waals surface area contributed by atoms with Gasteiger partial charge in [-0.3, -0.25) is 4.79 Å². The third kappa shape index (κ3) is 4.26. The summed E-state index contributed by atoms with van der Waals surface area (Å²) in [5.41, 5.74) is 0. The molecular weight excluding hydrogens is 341 g/mol. The number of sulfonamides is 1. The first-order valence-corrected chi connectivity index (χ1v) is 7.75. The Morgan fingerprint density at radius 1 is 1.53 bits per heavy atom. The second kappa shape index (κ2) is 6.44. The second-order valence-corrected chi connectivity index (χ2v) is 6.45. The van der Waals surface area contributed by atoms with E-state index in [0.717, 1.165) is 6.07 Å². The molecule has 0 aromatic heterocycles. The topological polar surface area (TPSA) is 83.5 Å². The lowest BCUT2D eigenvalue weighted by Crippen LogP contribution is -2.40. The summed E-state index contributed by atoms with van der Waals surface area (Å²) >= 11 is 2.91. The third-order valence-corrected chi connectivity index (χ3v) is 4.49. The van der Waals surface area contributed by atoms with Crippen LogP contribution in [0.15, 0.2) is 27.6 Å². The lowest BCUT2D eigenvalue weighted by atomic mass is 10.2. The standard InChI is InChI=1S/C11H13BrFNO4S/c1-2-3-10(11(15)16)14-19(17,18)7-4-5-8(12)9(13)6-7/h4-6,10,14H,2-3H2,1H3,(H,15,16)/t10-/m1/s1. The summed E-state index contributed by atoms with van der Waals surface area (Å²) in [6, 6.07) is 2.05.